The van der Waals surface area contributed by atoms with E-state index in [2.05, 4.69) is 10.3 Å². The van der Waals surface area contributed by atoms with E-state index in [0.29, 0.717) is 12.1 Å². The standard InChI is InChI=1S/C17H20N4O5/c1-3-4-5-12-8-17(23)20(11-18-12)10-16(22)19-14-9-13(21(24)25)6-7-15(14)26-2/h6-9,11H,3-5,10H2,1-2H3,(H,19,22). The Labute approximate surface area is 149 Å². The molecule has 1 heterocycles. The largest absolute Gasteiger partial charge is 0.495 e. The summed E-state index contributed by atoms with van der Waals surface area (Å²) in [6.45, 7) is 1.79. The third-order valence-electron chi connectivity index (χ3n) is 3.70. The Morgan fingerprint density at radius 3 is 2.77 bits per heavy atom. The quantitative estimate of drug-likeness (QED) is 0.569. The average Bonchev–Trinajstić information content (AvgIpc) is 2.61. The maximum absolute atomic E-state index is 12.2. The fraction of sp³-hybridized carbons (Fsp3) is 0.353. The molecule has 2 aromatic rings. The Morgan fingerprint density at radius 2 is 2.15 bits per heavy atom. The highest BCUT2D eigenvalue weighted by molar-refractivity contribution is 5.92. The number of methoxy groups -OCH3 is 1. The molecule has 9 heteroatoms. The number of rotatable bonds is 8. The third kappa shape index (κ3) is 4.88. The minimum atomic E-state index is -0.571. The smallest absolute Gasteiger partial charge is 0.271 e. The Morgan fingerprint density at radius 1 is 1.38 bits per heavy atom. The maximum atomic E-state index is 12.2. The monoisotopic (exact) mass is 360 g/mol. The predicted octanol–water partition coefficient (Wildman–Crippen LogP) is 2.14. The molecule has 0 aliphatic heterocycles. The fourth-order valence-electron chi connectivity index (χ4n) is 2.33. The number of unbranched alkanes of at least 4 members (excludes halogenated alkanes) is 1. The average molecular weight is 360 g/mol. The number of amides is 1. The first-order chi connectivity index (χ1) is 12.4. The highest BCUT2D eigenvalue weighted by atomic mass is 16.6. The zero-order chi connectivity index (χ0) is 19.1. The van der Waals surface area contributed by atoms with Crippen molar-refractivity contribution in [3.63, 3.8) is 0 Å². The summed E-state index contributed by atoms with van der Waals surface area (Å²) < 4.78 is 6.27. The molecule has 26 heavy (non-hydrogen) atoms. The minimum Gasteiger partial charge on any atom is -0.495 e. The number of nitrogens with zero attached hydrogens (tertiary/aromatic N) is 3. The predicted molar refractivity (Wildman–Crippen MR) is 95.4 cm³/mol. The summed E-state index contributed by atoms with van der Waals surface area (Å²) in [6, 6.07) is 5.28. The third-order valence-corrected chi connectivity index (χ3v) is 3.70. The summed E-state index contributed by atoms with van der Waals surface area (Å²) in [5.41, 5.74) is 0.341. The molecule has 9 nitrogen and oxygen atoms in total. The van der Waals surface area contributed by atoms with E-state index in [1.807, 2.05) is 6.92 Å². The molecule has 0 fully saturated rings. The molecule has 0 saturated heterocycles. The molecule has 0 aliphatic rings. The van der Waals surface area contributed by atoms with Crippen molar-refractivity contribution >= 4 is 17.3 Å². The van der Waals surface area contributed by atoms with E-state index >= 15 is 0 Å². The van der Waals surface area contributed by atoms with E-state index in [4.69, 9.17) is 4.74 Å². The minimum absolute atomic E-state index is 0.160. The SMILES string of the molecule is CCCCc1cc(=O)n(CC(=O)Nc2cc([N+](=O)[O-])ccc2OC)cn1. The maximum Gasteiger partial charge on any atom is 0.271 e. The number of nitro groups is 1. The number of non-ortho nitro benzene ring substituents is 1. The molecule has 138 valence electrons. The van der Waals surface area contributed by atoms with E-state index in [-0.39, 0.29) is 29.2 Å². The van der Waals surface area contributed by atoms with Gasteiger partial charge in [-0.25, -0.2) is 4.98 Å². The second kappa shape index (κ2) is 8.75. The first-order valence-corrected chi connectivity index (χ1v) is 8.12. The summed E-state index contributed by atoms with van der Waals surface area (Å²) in [4.78, 5) is 38.8. The van der Waals surface area contributed by atoms with Gasteiger partial charge < -0.3 is 10.1 Å². The van der Waals surface area contributed by atoms with Gasteiger partial charge in [0.1, 0.15) is 12.3 Å². The highest BCUT2D eigenvalue weighted by Crippen LogP contribution is 2.28. The topological polar surface area (TPSA) is 116 Å². The number of carbonyl (C=O) groups excluding carboxylic acids is 1. The molecule has 0 saturated carbocycles. The van der Waals surface area contributed by atoms with Crippen molar-refractivity contribution in [2.24, 2.45) is 0 Å². The van der Waals surface area contributed by atoms with Crippen LogP contribution < -0.4 is 15.6 Å². The van der Waals surface area contributed by atoms with Gasteiger partial charge in [0.15, 0.2) is 0 Å². The molecular weight excluding hydrogens is 340 g/mol. The van der Waals surface area contributed by atoms with Gasteiger partial charge in [0.05, 0.1) is 24.0 Å². The molecule has 2 rings (SSSR count). The van der Waals surface area contributed by atoms with Crippen molar-refractivity contribution in [3.8, 4) is 5.75 Å². The van der Waals surface area contributed by atoms with E-state index in [1.165, 1.54) is 42.3 Å². The van der Waals surface area contributed by atoms with Crippen molar-refractivity contribution in [3.05, 3.63) is 56.8 Å². The lowest BCUT2D eigenvalue weighted by atomic mass is 10.2. The number of nitro benzene ring substituents is 1. The van der Waals surface area contributed by atoms with Gasteiger partial charge in [-0.05, 0) is 18.9 Å². The molecule has 1 amide bonds. The number of nitrogens with one attached hydrogen (secondary N) is 1. The van der Waals surface area contributed by atoms with Gasteiger partial charge in [0.25, 0.3) is 11.2 Å². The number of hydrogen-bond donors (Lipinski definition) is 1. The Balaban J connectivity index is 2.13. The summed E-state index contributed by atoms with van der Waals surface area (Å²) in [7, 11) is 1.39. The lowest BCUT2D eigenvalue weighted by molar-refractivity contribution is -0.384. The lowest BCUT2D eigenvalue weighted by Gasteiger charge is -2.11. The van der Waals surface area contributed by atoms with E-state index < -0.39 is 10.8 Å². The van der Waals surface area contributed by atoms with Crippen molar-refractivity contribution in [2.75, 3.05) is 12.4 Å². The van der Waals surface area contributed by atoms with Crippen LogP contribution >= 0.6 is 0 Å². The van der Waals surface area contributed by atoms with Crippen LogP contribution in [-0.4, -0.2) is 27.5 Å². The summed E-state index contributed by atoms with van der Waals surface area (Å²) >= 11 is 0. The van der Waals surface area contributed by atoms with E-state index in [1.54, 1.807) is 0 Å². The van der Waals surface area contributed by atoms with Gasteiger partial charge in [-0.1, -0.05) is 13.3 Å². The Kier molecular flexibility index (Phi) is 6.42. The lowest BCUT2D eigenvalue weighted by Crippen LogP contribution is -2.28. The number of aromatic nitrogens is 2. The molecule has 0 radical (unpaired) electrons. The molecule has 0 bridgehead atoms. The Bertz CT molecular complexity index is 862. The zero-order valence-corrected chi connectivity index (χ0v) is 14.6. The van der Waals surface area contributed by atoms with Crippen LogP contribution in [0.25, 0.3) is 0 Å². The molecule has 0 unspecified atom stereocenters. The normalized spacial score (nSPS) is 10.4. The van der Waals surface area contributed by atoms with Crippen molar-refractivity contribution in [1.82, 2.24) is 9.55 Å². The molecule has 0 aliphatic carbocycles. The second-order valence-corrected chi connectivity index (χ2v) is 5.64. The van der Waals surface area contributed by atoms with Gasteiger partial charge >= 0.3 is 0 Å². The van der Waals surface area contributed by atoms with Gasteiger partial charge in [0.2, 0.25) is 5.91 Å². The first kappa shape index (κ1) is 19.1. The van der Waals surface area contributed by atoms with E-state index in [0.717, 1.165) is 12.8 Å². The number of carbonyl (C=O) groups is 1. The summed E-state index contributed by atoms with van der Waals surface area (Å²) in [6.07, 6.45) is 3.98. The van der Waals surface area contributed by atoms with Gasteiger partial charge in [-0.3, -0.25) is 24.3 Å². The fourth-order valence-corrected chi connectivity index (χ4v) is 2.33. The van der Waals surface area contributed by atoms with Crippen LogP contribution in [0.3, 0.4) is 0 Å². The zero-order valence-electron chi connectivity index (χ0n) is 14.6. The molecular formula is C17H20N4O5. The number of aryl methyl sites for hydroxylation is 1. The Hall–Kier alpha value is -3.23. The van der Waals surface area contributed by atoms with Gasteiger partial charge in [-0.15, -0.1) is 0 Å². The highest BCUT2D eigenvalue weighted by Gasteiger charge is 2.14. The number of hydrogen-bond acceptors (Lipinski definition) is 6. The van der Waals surface area contributed by atoms with Crippen molar-refractivity contribution in [2.45, 2.75) is 32.7 Å². The van der Waals surface area contributed by atoms with Crippen molar-refractivity contribution < 1.29 is 14.5 Å². The molecule has 0 atom stereocenters. The first-order valence-electron chi connectivity index (χ1n) is 8.12. The summed E-state index contributed by atoms with van der Waals surface area (Å²) in [5.74, 6) is -0.238. The van der Waals surface area contributed by atoms with Crippen LogP contribution in [-0.2, 0) is 17.8 Å². The van der Waals surface area contributed by atoms with Crippen molar-refractivity contribution in [1.29, 1.82) is 0 Å². The number of anilines is 1. The van der Waals surface area contributed by atoms with Gasteiger partial charge in [0, 0.05) is 23.9 Å². The van der Waals surface area contributed by atoms with Crippen LogP contribution in [0, 0.1) is 10.1 Å². The molecule has 1 aromatic carbocycles. The van der Waals surface area contributed by atoms with Crippen LogP contribution in [0.5, 0.6) is 5.75 Å². The number of benzene rings is 1. The molecule has 1 aromatic heterocycles. The van der Waals surface area contributed by atoms with Crippen LogP contribution in [0.1, 0.15) is 25.5 Å². The van der Waals surface area contributed by atoms with Gasteiger partial charge in [-0.2, -0.15) is 0 Å². The van der Waals surface area contributed by atoms with Crippen LogP contribution in [0.2, 0.25) is 0 Å². The molecule has 0 spiro atoms. The van der Waals surface area contributed by atoms with Crippen LogP contribution in [0.15, 0.2) is 35.4 Å². The van der Waals surface area contributed by atoms with E-state index in [9.17, 15) is 19.7 Å². The number of ether oxygens (including phenoxy) is 1. The molecule has 1 N–H and O–H groups in total. The van der Waals surface area contributed by atoms with Crippen LogP contribution in [0.4, 0.5) is 11.4 Å². The second-order valence-electron chi connectivity index (χ2n) is 5.64. The summed E-state index contributed by atoms with van der Waals surface area (Å²) in [5, 5.41) is 13.4.